The minimum atomic E-state index is -3.44. The molecule has 1 N–H and O–H groups in total. The first-order valence-electron chi connectivity index (χ1n) is 8.49. The van der Waals surface area contributed by atoms with E-state index in [4.69, 9.17) is 23.2 Å². The van der Waals surface area contributed by atoms with Crippen LogP contribution < -0.4 is 5.32 Å². The number of sulfone groups is 1. The summed E-state index contributed by atoms with van der Waals surface area (Å²) in [5, 5.41) is 3.07. The fourth-order valence-electron chi connectivity index (χ4n) is 3.00. The van der Waals surface area contributed by atoms with E-state index in [2.05, 4.69) is 5.32 Å². The highest BCUT2D eigenvalue weighted by molar-refractivity contribution is 7.90. The predicted octanol–water partition coefficient (Wildman–Crippen LogP) is 3.03. The van der Waals surface area contributed by atoms with Gasteiger partial charge in [0.05, 0.1) is 27.6 Å². The van der Waals surface area contributed by atoms with Crippen LogP contribution in [0.15, 0.2) is 42.5 Å². The summed E-state index contributed by atoms with van der Waals surface area (Å²) in [4.78, 5) is 39.3. The summed E-state index contributed by atoms with van der Waals surface area (Å²) in [7, 11) is -3.44. The first-order chi connectivity index (χ1) is 13.6. The fourth-order valence-corrected chi connectivity index (χ4v) is 4.11. The summed E-state index contributed by atoms with van der Waals surface area (Å²) in [5.41, 5.74) is 0.556. The van der Waals surface area contributed by atoms with Crippen molar-refractivity contribution in [2.24, 2.45) is 0 Å². The number of hydrogen-bond acceptors (Lipinski definition) is 5. The Morgan fingerprint density at radius 1 is 1.07 bits per heavy atom. The van der Waals surface area contributed by atoms with Crippen molar-refractivity contribution < 1.29 is 22.8 Å². The minimum Gasteiger partial charge on any atom is -0.323 e. The number of hydrogen-bond donors (Lipinski definition) is 1. The normalized spacial score (nSPS) is 14.7. The Kier molecular flexibility index (Phi) is 5.97. The van der Waals surface area contributed by atoms with Crippen LogP contribution >= 0.6 is 23.2 Å². The van der Waals surface area contributed by atoms with E-state index in [1.54, 1.807) is 12.1 Å². The summed E-state index contributed by atoms with van der Waals surface area (Å²) < 4.78 is 23.3. The number of halogens is 2. The molecule has 0 aliphatic carbocycles. The van der Waals surface area contributed by atoms with Gasteiger partial charge in [-0.2, -0.15) is 0 Å². The highest BCUT2D eigenvalue weighted by Gasteiger charge is 2.42. The van der Waals surface area contributed by atoms with Crippen molar-refractivity contribution in [3.63, 3.8) is 0 Å². The van der Waals surface area contributed by atoms with Gasteiger partial charge >= 0.3 is 0 Å². The number of rotatable bonds is 6. The second kappa shape index (κ2) is 8.14. The Morgan fingerprint density at radius 2 is 1.66 bits per heavy atom. The second-order valence-corrected chi connectivity index (χ2v) is 9.68. The van der Waals surface area contributed by atoms with Gasteiger partial charge in [-0.05, 0) is 36.8 Å². The van der Waals surface area contributed by atoms with Gasteiger partial charge in [-0.1, -0.05) is 35.3 Å². The van der Waals surface area contributed by atoms with Crippen molar-refractivity contribution in [3.05, 3.63) is 63.6 Å². The van der Waals surface area contributed by atoms with Gasteiger partial charge in [-0.25, -0.2) is 8.42 Å². The molecule has 7 nitrogen and oxygen atoms in total. The van der Waals surface area contributed by atoms with E-state index in [1.165, 1.54) is 30.3 Å². The molecule has 0 unspecified atom stereocenters. The highest BCUT2D eigenvalue weighted by Crippen LogP contribution is 2.29. The number of carbonyl (C=O) groups is 3. The summed E-state index contributed by atoms with van der Waals surface area (Å²) in [6.45, 7) is 0. The van der Waals surface area contributed by atoms with Crippen molar-refractivity contribution >= 4 is 56.4 Å². The standard InChI is InChI=1S/C19H16Cl2N2O5S/c1-29(27,28)9-8-16(17(24)22-15-7-6-11(20)10-14(15)21)23-18(25)12-4-2-3-5-13(12)19(23)26/h2-7,10,16H,8-9H2,1H3,(H,22,24)/t16-/m0/s1. The van der Waals surface area contributed by atoms with Crippen molar-refractivity contribution in [1.82, 2.24) is 4.90 Å². The van der Waals surface area contributed by atoms with Crippen LogP contribution in [0.4, 0.5) is 5.69 Å². The molecule has 0 bridgehead atoms. The smallest absolute Gasteiger partial charge is 0.262 e. The van der Waals surface area contributed by atoms with Crippen molar-refractivity contribution in [2.45, 2.75) is 12.5 Å². The number of imide groups is 1. The highest BCUT2D eigenvalue weighted by atomic mass is 35.5. The summed E-state index contributed by atoms with van der Waals surface area (Å²) in [6, 6.07) is 9.25. The molecule has 1 aliphatic heterocycles. The summed E-state index contributed by atoms with van der Waals surface area (Å²) in [5.74, 6) is -2.41. The number of nitrogens with zero attached hydrogens (tertiary/aromatic N) is 1. The van der Waals surface area contributed by atoms with E-state index in [0.29, 0.717) is 5.02 Å². The second-order valence-electron chi connectivity index (χ2n) is 6.57. The molecule has 2 aromatic carbocycles. The Bertz CT molecular complexity index is 1080. The Labute approximate surface area is 177 Å². The van der Waals surface area contributed by atoms with Crippen LogP contribution in [0.25, 0.3) is 0 Å². The molecule has 29 heavy (non-hydrogen) atoms. The largest absolute Gasteiger partial charge is 0.323 e. The first-order valence-corrected chi connectivity index (χ1v) is 11.3. The summed E-state index contributed by atoms with van der Waals surface area (Å²) in [6.07, 6.45) is 0.766. The zero-order valence-electron chi connectivity index (χ0n) is 15.2. The average Bonchev–Trinajstić information content (AvgIpc) is 2.89. The molecule has 0 radical (unpaired) electrons. The Balaban J connectivity index is 1.93. The monoisotopic (exact) mass is 454 g/mol. The number of benzene rings is 2. The zero-order valence-corrected chi connectivity index (χ0v) is 17.5. The lowest BCUT2D eigenvalue weighted by atomic mass is 10.1. The van der Waals surface area contributed by atoms with Gasteiger partial charge in [-0.15, -0.1) is 0 Å². The molecule has 2 aromatic rings. The number of carbonyl (C=O) groups excluding carboxylic acids is 3. The third kappa shape index (κ3) is 4.60. The maximum atomic E-state index is 13.0. The molecule has 152 valence electrons. The van der Waals surface area contributed by atoms with Crippen LogP contribution in [0.3, 0.4) is 0 Å². The van der Waals surface area contributed by atoms with E-state index >= 15 is 0 Å². The van der Waals surface area contributed by atoms with Crippen molar-refractivity contribution in [3.8, 4) is 0 Å². The number of anilines is 1. The maximum absolute atomic E-state index is 13.0. The Morgan fingerprint density at radius 3 is 2.17 bits per heavy atom. The van der Waals surface area contributed by atoms with E-state index in [9.17, 15) is 22.8 Å². The van der Waals surface area contributed by atoms with Crippen LogP contribution in [-0.4, -0.2) is 49.1 Å². The van der Waals surface area contributed by atoms with Crippen molar-refractivity contribution in [1.29, 1.82) is 0 Å². The predicted molar refractivity (Wildman–Crippen MR) is 110 cm³/mol. The maximum Gasteiger partial charge on any atom is 0.262 e. The van der Waals surface area contributed by atoms with Crippen LogP contribution in [0.5, 0.6) is 0 Å². The van der Waals surface area contributed by atoms with Crippen molar-refractivity contribution in [2.75, 3.05) is 17.3 Å². The van der Waals surface area contributed by atoms with Gasteiger partial charge in [0.15, 0.2) is 0 Å². The average molecular weight is 455 g/mol. The summed E-state index contributed by atoms with van der Waals surface area (Å²) >= 11 is 11.9. The number of fused-ring (bicyclic) bond motifs is 1. The molecule has 0 saturated heterocycles. The van der Waals surface area contributed by atoms with Crippen LogP contribution in [-0.2, 0) is 14.6 Å². The van der Waals surface area contributed by atoms with E-state index in [-0.39, 0.29) is 34.0 Å². The molecule has 1 aliphatic rings. The van der Waals surface area contributed by atoms with E-state index in [1.807, 2.05) is 0 Å². The van der Waals surface area contributed by atoms with Gasteiger partial charge < -0.3 is 5.32 Å². The SMILES string of the molecule is CS(=O)(=O)CC[C@@H](C(=O)Nc1ccc(Cl)cc1Cl)N1C(=O)c2ccccc2C1=O. The quantitative estimate of drug-likeness (QED) is 0.675. The molecular formula is C19H16Cl2N2O5S. The van der Waals surface area contributed by atoms with Crippen LogP contribution in [0.2, 0.25) is 10.0 Å². The number of nitrogens with one attached hydrogen (secondary N) is 1. The molecule has 1 atom stereocenters. The molecule has 1 heterocycles. The molecule has 3 amide bonds. The Hall–Kier alpha value is -2.42. The molecule has 0 saturated carbocycles. The van der Waals surface area contributed by atoms with E-state index < -0.39 is 33.6 Å². The molecule has 0 fully saturated rings. The third-order valence-corrected chi connectivity index (χ3v) is 5.92. The van der Waals surface area contributed by atoms with Crippen LogP contribution in [0, 0.1) is 0 Å². The molecular weight excluding hydrogens is 439 g/mol. The van der Waals surface area contributed by atoms with E-state index in [0.717, 1.165) is 11.2 Å². The molecule has 0 aromatic heterocycles. The lowest BCUT2D eigenvalue weighted by Gasteiger charge is -2.25. The molecule has 10 heteroatoms. The van der Waals surface area contributed by atoms with Gasteiger partial charge in [0, 0.05) is 11.3 Å². The topological polar surface area (TPSA) is 101 Å². The zero-order chi connectivity index (χ0) is 21.3. The molecule has 3 rings (SSSR count). The third-order valence-electron chi connectivity index (χ3n) is 4.39. The minimum absolute atomic E-state index is 0.162. The van der Waals surface area contributed by atoms with Gasteiger partial charge in [0.1, 0.15) is 15.9 Å². The van der Waals surface area contributed by atoms with Gasteiger partial charge in [0.25, 0.3) is 11.8 Å². The van der Waals surface area contributed by atoms with Gasteiger partial charge in [-0.3, -0.25) is 19.3 Å². The van der Waals surface area contributed by atoms with Crippen LogP contribution in [0.1, 0.15) is 27.1 Å². The number of amides is 3. The fraction of sp³-hybridized carbons (Fsp3) is 0.211. The lowest BCUT2D eigenvalue weighted by molar-refractivity contribution is -0.120. The first kappa shape index (κ1) is 21.3. The molecule has 0 spiro atoms. The van der Waals surface area contributed by atoms with Gasteiger partial charge in [0.2, 0.25) is 5.91 Å². The lowest BCUT2D eigenvalue weighted by Crippen LogP contribution is -2.48.